The third kappa shape index (κ3) is 10.6. The molecule has 3 rings (SSSR count). The number of hydrogen-bond donors (Lipinski definition) is 0. The van der Waals surface area contributed by atoms with Gasteiger partial charge in [0.2, 0.25) is 0 Å². The highest BCUT2D eigenvalue weighted by Crippen LogP contribution is 2.44. The summed E-state index contributed by atoms with van der Waals surface area (Å²) in [4.78, 5) is 13.3. The Hall–Kier alpha value is -1.34. The zero-order chi connectivity index (χ0) is 33.8. The fraction of sp³-hybridized carbons (Fsp3) is 0.750. The summed E-state index contributed by atoms with van der Waals surface area (Å²) in [7, 11) is -2.29. The number of Topliss-reactive ketones (excluding diaryl/α,β-unsaturated/α-hetero) is 1. The average Bonchev–Trinajstić information content (AvgIpc) is 2.89. The third-order valence-electron chi connectivity index (χ3n) is 10.4. The number of carbonyl (C=O) groups excluding carboxylic acids is 1. The monoisotopic (exact) mass is 662 g/mol. The molecule has 0 radical (unpaired) electrons. The molecule has 0 N–H and O–H groups in total. The molecule has 1 spiro atoms. The zero-order valence-electron chi connectivity index (χ0n) is 30.3. The molecule has 5 atom stereocenters. The number of methoxy groups -OCH3 is 1. The number of rotatable bonds is 13. The van der Waals surface area contributed by atoms with Crippen molar-refractivity contribution < 1.29 is 32.6 Å². The minimum Gasteiger partial charge on any atom is -0.497 e. The molecule has 0 aliphatic carbocycles. The Morgan fingerprint density at radius 1 is 1.00 bits per heavy atom. The summed E-state index contributed by atoms with van der Waals surface area (Å²) in [5.41, 5.74) is 2.11. The van der Waals surface area contributed by atoms with Gasteiger partial charge in [0.15, 0.2) is 22.4 Å². The van der Waals surface area contributed by atoms with Gasteiger partial charge in [-0.3, -0.25) is 4.79 Å². The van der Waals surface area contributed by atoms with E-state index in [4.69, 9.17) is 27.8 Å². The Balaban J connectivity index is 1.72. The molecule has 2 fully saturated rings. The predicted octanol–water partition coefficient (Wildman–Crippen LogP) is 8.83. The fourth-order valence-electron chi connectivity index (χ4n) is 5.42. The number of carbonyl (C=O) groups is 1. The second-order valence-electron chi connectivity index (χ2n) is 16.4. The van der Waals surface area contributed by atoms with Crippen LogP contribution in [0, 0.1) is 5.92 Å². The van der Waals surface area contributed by atoms with Crippen molar-refractivity contribution in [3.8, 4) is 5.75 Å². The van der Waals surface area contributed by atoms with Crippen LogP contribution in [-0.4, -0.2) is 66.8 Å². The van der Waals surface area contributed by atoms with Gasteiger partial charge in [-0.2, -0.15) is 0 Å². The van der Waals surface area contributed by atoms with Gasteiger partial charge < -0.3 is 27.8 Å². The van der Waals surface area contributed by atoms with E-state index >= 15 is 0 Å². The summed E-state index contributed by atoms with van der Waals surface area (Å²) >= 11 is 0. The Morgan fingerprint density at radius 3 is 2.18 bits per heavy atom. The topological polar surface area (TPSA) is 72.5 Å². The smallest absolute Gasteiger partial charge is 0.192 e. The van der Waals surface area contributed by atoms with Crippen molar-refractivity contribution >= 4 is 22.4 Å². The van der Waals surface area contributed by atoms with E-state index < -0.39 is 22.4 Å². The minimum absolute atomic E-state index is 0.0605. The first-order valence-electron chi connectivity index (χ1n) is 16.7. The Kier molecular flexibility index (Phi) is 12.6. The van der Waals surface area contributed by atoms with Crippen LogP contribution in [0.4, 0.5) is 0 Å². The number of hydrogen-bond acceptors (Lipinski definition) is 7. The van der Waals surface area contributed by atoms with Crippen LogP contribution in [0.2, 0.25) is 36.3 Å². The zero-order valence-corrected chi connectivity index (χ0v) is 32.3. The van der Waals surface area contributed by atoms with Crippen LogP contribution in [0.1, 0.15) is 86.1 Å². The van der Waals surface area contributed by atoms with Crippen molar-refractivity contribution in [2.75, 3.05) is 20.3 Å². The average molecular weight is 663 g/mol. The molecule has 7 nitrogen and oxygen atoms in total. The molecule has 0 amide bonds. The van der Waals surface area contributed by atoms with Crippen molar-refractivity contribution in [2.45, 2.75) is 148 Å². The number of ether oxygens (including phenoxy) is 4. The van der Waals surface area contributed by atoms with Gasteiger partial charge in [0.25, 0.3) is 0 Å². The van der Waals surface area contributed by atoms with E-state index in [-0.39, 0.29) is 46.5 Å². The predicted molar refractivity (Wildman–Crippen MR) is 187 cm³/mol. The van der Waals surface area contributed by atoms with E-state index in [1.165, 1.54) is 0 Å². The highest BCUT2D eigenvalue weighted by Gasteiger charge is 2.51. The highest BCUT2D eigenvalue weighted by molar-refractivity contribution is 6.74. The molecule has 256 valence electrons. The van der Waals surface area contributed by atoms with Crippen LogP contribution in [0.25, 0.3) is 0 Å². The molecule has 2 heterocycles. The lowest BCUT2D eigenvalue weighted by molar-refractivity contribution is -0.321. The van der Waals surface area contributed by atoms with E-state index in [1.54, 1.807) is 7.11 Å². The first kappa shape index (κ1) is 38.1. The lowest BCUT2D eigenvalue weighted by Gasteiger charge is -2.50. The highest BCUT2D eigenvalue weighted by atomic mass is 28.4. The second-order valence-corrected chi connectivity index (χ2v) is 26.0. The van der Waals surface area contributed by atoms with Crippen LogP contribution in [0.15, 0.2) is 36.4 Å². The largest absolute Gasteiger partial charge is 0.497 e. The molecule has 0 aromatic heterocycles. The van der Waals surface area contributed by atoms with Crippen LogP contribution >= 0.6 is 0 Å². The van der Waals surface area contributed by atoms with Crippen molar-refractivity contribution in [1.29, 1.82) is 0 Å². The van der Waals surface area contributed by atoms with Crippen LogP contribution < -0.4 is 4.74 Å². The molecule has 0 bridgehead atoms. The molecular weight excluding hydrogens is 601 g/mol. The maximum Gasteiger partial charge on any atom is 0.192 e. The summed E-state index contributed by atoms with van der Waals surface area (Å²) in [5, 5.41) is 0.209. The van der Waals surface area contributed by atoms with Gasteiger partial charge in [0, 0.05) is 25.9 Å². The van der Waals surface area contributed by atoms with E-state index in [1.807, 2.05) is 24.3 Å². The third-order valence-corrected chi connectivity index (χ3v) is 19.5. The van der Waals surface area contributed by atoms with E-state index in [2.05, 4.69) is 81.2 Å². The van der Waals surface area contributed by atoms with Gasteiger partial charge in [0.05, 0.1) is 45.1 Å². The first-order chi connectivity index (χ1) is 20.7. The van der Waals surface area contributed by atoms with E-state index in [9.17, 15) is 4.79 Å². The van der Waals surface area contributed by atoms with E-state index in [0.29, 0.717) is 45.5 Å². The molecule has 0 saturated carbocycles. The van der Waals surface area contributed by atoms with Gasteiger partial charge >= 0.3 is 0 Å². The Labute approximate surface area is 276 Å². The summed E-state index contributed by atoms with van der Waals surface area (Å²) in [5.74, 6) is 0.114. The molecule has 1 aromatic carbocycles. The second kappa shape index (κ2) is 14.8. The molecule has 2 saturated heterocycles. The SMILES string of the molecule is C=C(C[C@@H]1CC(=O)C[C@@]2(C[C@@H](O[Si](C)(C)C(C)(C)C)C[C@H](COCc3ccc(OC)cc3)O2)O1)[C@@H](C)CO[Si](C)(C)C(C)(C)C. The van der Waals surface area contributed by atoms with Gasteiger partial charge in [-0.05, 0) is 66.3 Å². The minimum atomic E-state index is -2.08. The van der Waals surface area contributed by atoms with Crippen LogP contribution in [-0.2, 0) is 34.5 Å². The molecule has 9 heteroatoms. The Bertz CT molecular complexity index is 1140. The lowest BCUT2D eigenvalue weighted by Crippen LogP contribution is -2.57. The van der Waals surface area contributed by atoms with E-state index in [0.717, 1.165) is 16.9 Å². The summed E-state index contributed by atoms with van der Waals surface area (Å²) < 4.78 is 38.4. The van der Waals surface area contributed by atoms with Crippen molar-refractivity contribution in [2.24, 2.45) is 5.92 Å². The molecule has 45 heavy (non-hydrogen) atoms. The lowest BCUT2D eigenvalue weighted by atomic mass is 9.88. The summed E-state index contributed by atoms with van der Waals surface area (Å²) in [6, 6.07) is 7.88. The van der Waals surface area contributed by atoms with Crippen LogP contribution in [0.3, 0.4) is 0 Å². The standard InChI is InChI=1S/C36H62O7Si2/c1-26(27(2)23-40-44(10,11)34(3,4)5)18-31-19-29(37)21-36(41-31)22-32(43-45(12,13)35(6,7)8)20-33(42-36)25-39-24-28-14-16-30(38-9)17-15-28/h14-17,27,31-33H,1,18-25H2,2-13H3/t27-,31+,32-,33+,36+/m0/s1. The number of benzene rings is 1. The maximum atomic E-state index is 13.3. The van der Waals surface area contributed by atoms with Crippen molar-refractivity contribution in [3.05, 3.63) is 42.0 Å². The molecule has 0 unspecified atom stereocenters. The van der Waals surface area contributed by atoms with Gasteiger partial charge in [-0.15, -0.1) is 0 Å². The normalized spacial score (nSPS) is 25.8. The summed E-state index contributed by atoms with van der Waals surface area (Å²) in [6.07, 6.45) is 1.81. The summed E-state index contributed by atoms with van der Waals surface area (Å²) in [6.45, 7) is 30.7. The Morgan fingerprint density at radius 2 is 1.60 bits per heavy atom. The van der Waals surface area contributed by atoms with Gasteiger partial charge in [0.1, 0.15) is 11.5 Å². The van der Waals surface area contributed by atoms with Crippen molar-refractivity contribution in [1.82, 2.24) is 0 Å². The molecular formula is C36H62O7Si2. The maximum absolute atomic E-state index is 13.3. The fourth-order valence-corrected chi connectivity index (χ4v) is 7.88. The van der Waals surface area contributed by atoms with Crippen molar-refractivity contribution in [3.63, 3.8) is 0 Å². The molecule has 2 aliphatic heterocycles. The van der Waals surface area contributed by atoms with Gasteiger partial charge in [-0.25, -0.2) is 0 Å². The van der Waals surface area contributed by atoms with Gasteiger partial charge in [-0.1, -0.05) is 72.8 Å². The first-order valence-corrected chi connectivity index (χ1v) is 22.5. The number of ketones is 1. The quantitative estimate of drug-likeness (QED) is 0.154. The molecule has 2 aliphatic rings. The van der Waals surface area contributed by atoms with Crippen LogP contribution in [0.5, 0.6) is 5.75 Å². The molecule has 1 aromatic rings.